The van der Waals surface area contributed by atoms with Crippen LogP contribution in [0.3, 0.4) is 0 Å². The van der Waals surface area contributed by atoms with Crippen molar-refractivity contribution < 1.29 is 9.53 Å². The fraction of sp³-hybridized carbons (Fsp3) is 0.278. The van der Waals surface area contributed by atoms with E-state index >= 15 is 0 Å². The zero-order valence-corrected chi connectivity index (χ0v) is 13.0. The minimum Gasteiger partial charge on any atom is -0.370 e. The number of benzene rings is 2. The third-order valence-corrected chi connectivity index (χ3v) is 4.26. The first kappa shape index (κ1) is 15.1. The van der Waals surface area contributed by atoms with Crippen molar-refractivity contribution in [1.29, 1.82) is 0 Å². The Morgan fingerprint density at radius 1 is 1.14 bits per heavy atom. The molecule has 0 saturated carbocycles. The molecule has 22 heavy (non-hydrogen) atoms. The minimum atomic E-state index is -0.0508. The zero-order chi connectivity index (χ0) is 15.4. The van der Waals surface area contributed by atoms with Crippen LogP contribution in [-0.2, 0) is 16.0 Å². The summed E-state index contributed by atoms with van der Waals surface area (Å²) < 4.78 is 5.80. The lowest BCUT2D eigenvalue weighted by molar-refractivity contribution is -0.138. The van der Waals surface area contributed by atoms with Crippen LogP contribution in [0.15, 0.2) is 54.6 Å². The van der Waals surface area contributed by atoms with Crippen molar-refractivity contribution in [1.82, 2.24) is 4.90 Å². The lowest BCUT2D eigenvalue weighted by Crippen LogP contribution is -2.43. The Labute approximate surface area is 135 Å². The highest BCUT2D eigenvalue weighted by molar-refractivity contribution is 6.31. The maximum atomic E-state index is 12.5. The van der Waals surface area contributed by atoms with Gasteiger partial charge in [-0.25, -0.2) is 0 Å². The van der Waals surface area contributed by atoms with Gasteiger partial charge in [0.25, 0.3) is 0 Å². The molecule has 0 spiro atoms. The van der Waals surface area contributed by atoms with Gasteiger partial charge in [-0.3, -0.25) is 4.79 Å². The largest absolute Gasteiger partial charge is 0.370 e. The molecular formula is C18H18ClNO2. The van der Waals surface area contributed by atoms with E-state index in [1.165, 1.54) is 0 Å². The predicted octanol–water partition coefficient (Wildman–Crippen LogP) is 3.48. The lowest BCUT2D eigenvalue weighted by atomic mass is 10.1. The van der Waals surface area contributed by atoms with Gasteiger partial charge in [-0.2, -0.15) is 0 Å². The summed E-state index contributed by atoms with van der Waals surface area (Å²) in [5.41, 5.74) is 1.98. The Balaban J connectivity index is 1.67. The molecule has 114 valence electrons. The summed E-state index contributed by atoms with van der Waals surface area (Å²) in [4.78, 5) is 14.4. The van der Waals surface area contributed by atoms with E-state index in [0.29, 0.717) is 31.1 Å². The van der Waals surface area contributed by atoms with Crippen molar-refractivity contribution in [2.24, 2.45) is 0 Å². The molecule has 1 atom stereocenters. The summed E-state index contributed by atoms with van der Waals surface area (Å²) in [5, 5.41) is 0.642. The molecule has 0 bridgehead atoms. The van der Waals surface area contributed by atoms with E-state index in [-0.39, 0.29) is 12.0 Å². The molecule has 1 heterocycles. The van der Waals surface area contributed by atoms with Crippen LogP contribution in [0, 0.1) is 0 Å². The number of nitrogens with zero attached hydrogens (tertiary/aromatic N) is 1. The van der Waals surface area contributed by atoms with Crippen LogP contribution in [0.2, 0.25) is 5.02 Å². The first-order valence-corrected chi connectivity index (χ1v) is 7.79. The molecule has 3 rings (SSSR count). The second-order valence-corrected chi connectivity index (χ2v) is 5.79. The summed E-state index contributed by atoms with van der Waals surface area (Å²) in [7, 11) is 0. The van der Waals surface area contributed by atoms with Gasteiger partial charge in [0.2, 0.25) is 5.91 Å². The topological polar surface area (TPSA) is 29.5 Å². The number of morpholine rings is 1. The number of ether oxygens (including phenoxy) is 1. The predicted molar refractivity (Wildman–Crippen MR) is 86.9 cm³/mol. The van der Waals surface area contributed by atoms with Crippen molar-refractivity contribution in [3.05, 3.63) is 70.7 Å². The van der Waals surface area contributed by atoms with E-state index in [0.717, 1.165) is 11.1 Å². The first-order chi connectivity index (χ1) is 10.7. The number of hydrogen-bond acceptors (Lipinski definition) is 2. The van der Waals surface area contributed by atoms with E-state index in [1.54, 1.807) is 0 Å². The van der Waals surface area contributed by atoms with Gasteiger partial charge >= 0.3 is 0 Å². The Bertz CT molecular complexity index is 645. The van der Waals surface area contributed by atoms with Crippen molar-refractivity contribution in [3.8, 4) is 0 Å². The molecule has 3 nitrogen and oxygen atoms in total. The van der Waals surface area contributed by atoms with Crippen LogP contribution in [0.1, 0.15) is 17.2 Å². The minimum absolute atomic E-state index is 0.0508. The number of amides is 1. The van der Waals surface area contributed by atoms with Crippen LogP contribution >= 0.6 is 11.6 Å². The van der Waals surface area contributed by atoms with Gasteiger partial charge in [-0.1, -0.05) is 60.1 Å². The van der Waals surface area contributed by atoms with Crippen molar-refractivity contribution in [3.63, 3.8) is 0 Å². The van der Waals surface area contributed by atoms with Gasteiger partial charge in [0, 0.05) is 11.6 Å². The highest BCUT2D eigenvalue weighted by Crippen LogP contribution is 2.23. The third-order valence-electron chi connectivity index (χ3n) is 3.89. The Hall–Kier alpha value is -1.84. The van der Waals surface area contributed by atoms with E-state index < -0.39 is 0 Å². The summed E-state index contributed by atoms with van der Waals surface area (Å²) in [6.07, 6.45) is 0.284. The molecule has 0 aliphatic carbocycles. The highest BCUT2D eigenvalue weighted by Gasteiger charge is 2.25. The van der Waals surface area contributed by atoms with Crippen molar-refractivity contribution in [2.75, 3.05) is 19.7 Å². The second kappa shape index (κ2) is 6.95. The molecule has 0 aromatic heterocycles. The molecule has 4 heteroatoms. The van der Waals surface area contributed by atoms with Gasteiger partial charge in [-0.15, -0.1) is 0 Å². The molecule has 1 aliphatic rings. The smallest absolute Gasteiger partial charge is 0.227 e. The third kappa shape index (κ3) is 3.49. The molecule has 0 N–H and O–H groups in total. The standard InChI is InChI=1S/C18H18ClNO2/c19-16-9-5-4-8-15(16)12-18(21)20-10-11-22-17(13-20)14-6-2-1-3-7-14/h1-9,17H,10-13H2. The molecule has 1 aliphatic heterocycles. The van der Waals surface area contributed by atoms with Crippen LogP contribution in [0.25, 0.3) is 0 Å². The number of rotatable bonds is 3. The summed E-state index contributed by atoms with van der Waals surface area (Å²) in [6, 6.07) is 17.5. The maximum Gasteiger partial charge on any atom is 0.227 e. The fourth-order valence-electron chi connectivity index (χ4n) is 2.66. The number of carbonyl (C=O) groups is 1. The molecule has 1 saturated heterocycles. The Kier molecular flexibility index (Phi) is 4.76. The number of hydrogen-bond donors (Lipinski definition) is 0. The molecule has 1 amide bonds. The van der Waals surface area contributed by atoms with E-state index in [9.17, 15) is 4.79 Å². The van der Waals surface area contributed by atoms with Gasteiger partial charge < -0.3 is 9.64 Å². The average Bonchev–Trinajstić information content (AvgIpc) is 2.58. The van der Waals surface area contributed by atoms with Crippen LogP contribution in [0.5, 0.6) is 0 Å². The molecular weight excluding hydrogens is 298 g/mol. The normalized spacial score (nSPS) is 18.2. The molecule has 1 unspecified atom stereocenters. The molecule has 0 radical (unpaired) electrons. The van der Waals surface area contributed by atoms with Crippen LogP contribution in [-0.4, -0.2) is 30.5 Å². The quantitative estimate of drug-likeness (QED) is 0.868. The first-order valence-electron chi connectivity index (χ1n) is 7.42. The van der Waals surface area contributed by atoms with E-state index in [4.69, 9.17) is 16.3 Å². The van der Waals surface area contributed by atoms with Gasteiger partial charge in [0.05, 0.1) is 19.6 Å². The highest BCUT2D eigenvalue weighted by atomic mass is 35.5. The van der Waals surface area contributed by atoms with E-state index in [1.807, 2.05) is 59.5 Å². The Morgan fingerprint density at radius 2 is 1.86 bits per heavy atom. The molecule has 2 aromatic rings. The number of halogens is 1. The molecule has 2 aromatic carbocycles. The summed E-state index contributed by atoms with van der Waals surface area (Å²) >= 11 is 6.14. The van der Waals surface area contributed by atoms with Crippen molar-refractivity contribution >= 4 is 17.5 Å². The van der Waals surface area contributed by atoms with Crippen LogP contribution < -0.4 is 0 Å². The monoisotopic (exact) mass is 315 g/mol. The average molecular weight is 316 g/mol. The Morgan fingerprint density at radius 3 is 2.64 bits per heavy atom. The van der Waals surface area contributed by atoms with Gasteiger partial charge in [-0.05, 0) is 17.2 Å². The second-order valence-electron chi connectivity index (χ2n) is 5.38. The van der Waals surface area contributed by atoms with Gasteiger partial charge in [0.1, 0.15) is 6.10 Å². The fourth-order valence-corrected chi connectivity index (χ4v) is 2.86. The summed E-state index contributed by atoms with van der Waals surface area (Å²) in [6.45, 7) is 1.79. The van der Waals surface area contributed by atoms with Gasteiger partial charge in [0.15, 0.2) is 0 Å². The zero-order valence-electron chi connectivity index (χ0n) is 12.2. The lowest BCUT2D eigenvalue weighted by Gasteiger charge is -2.33. The SMILES string of the molecule is O=C(Cc1ccccc1Cl)N1CCOC(c2ccccc2)C1. The number of carbonyl (C=O) groups excluding carboxylic acids is 1. The van der Waals surface area contributed by atoms with E-state index in [2.05, 4.69) is 0 Å². The summed E-state index contributed by atoms with van der Waals surface area (Å²) in [5.74, 6) is 0.0948. The van der Waals surface area contributed by atoms with Crippen molar-refractivity contribution in [2.45, 2.75) is 12.5 Å². The maximum absolute atomic E-state index is 12.5. The van der Waals surface area contributed by atoms with Crippen LogP contribution in [0.4, 0.5) is 0 Å². The molecule has 1 fully saturated rings.